The molecule has 0 amide bonds. The number of rotatable bonds is 6. The molecule has 1 aromatic rings. The molecule has 1 heterocycles. The molecule has 0 unspecified atom stereocenters. The summed E-state index contributed by atoms with van der Waals surface area (Å²) in [4.78, 5) is 12.9. The van der Waals surface area contributed by atoms with Crippen LogP contribution in [0.5, 0.6) is 0 Å². The molecule has 0 saturated heterocycles. The number of carboxylic acids is 1. The smallest absolute Gasteiger partial charge is 0.313 e. The van der Waals surface area contributed by atoms with Crippen LogP contribution in [0.15, 0.2) is 5.16 Å². The molecule has 1 aliphatic rings. The Hall–Kier alpha value is -1.24. The predicted octanol–water partition coefficient (Wildman–Crippen LogP) is 1.76. The van der Waals surface area contributed by atoms with Crippen molar-refractivity contribution >= 4 is 23.7 Å². The van der Waals surface area contributed by atoms with E-state index in [2.05, 4.69) is 22.0 Å². The van der Waals surface area contributed by atoms with E-state index in [9.17, 15) is 4.79 Å². The van der Waals surface area contributed by atoms with Crippen LogP contribution in [0.2, 0.25) is 0 Å². The van der Waals surface area contributed by atoms with E-state index in [1.54, 1.807) is 0 Å². The van der Waals surface area contributed by atoms with E-state index in [0.717, 1.165) is 12.5 Å². The van der Waals surface area contributed by atoms with E-state index >= 15 is 0 Å². The molecule has 1 saturated carbocycles. The number of nitrogens with zero attached hydrogens (tertiary/aromatic N) is 4. The zero-order valence-electron chi connectivity index (χ0n) is 11.4. The minimum Gasteiger partial charge on any atom is -0.481 e. The summed E-state index contributed by atoms with van der Waals surface area (Å²) in [6.07, 6.45) is 4.97. The normalized spacial score (nSPS) is 15.9. The number of carbonyl (C=O) groups is 1. The molecule has 106 valence electrons. The number of hydrogen-bond acceptors (Lipinski definition) is 5. The monoisotopic (exact) mass is 284 g/mol. The summed E-state index contributed by atoms with van der Waals surface area (Å²) in [7, 11) is 1.90. The van der Waals surface area contributed by atoms with Crippen molar-refractivity contribution in [3.05, 3.63) is 0 Å². The largest absolute Gasteiger partial charge is 0.481 e. The lowest BCUT2D eigenvalue weighted by molar-refractivity contribution is -0.133. The van der Waals surface area contributed by atoms with Gasteiger partial charge < -0.3 is 10.0 Å². The number of hydrogen-bond donors (Lipinski definition) is 1. The molecule has 0 aromatic carbocycles. The fourth-order valence-corrected chi connectivity index (χ4v) is 3.21. The molecule has 2 rings (SSSR count). The average Bonchev–Trinajstić information content (AvgIpc) is 3.00. The van der Waals surface area contributed by atoms with Gasteiger partial charge in [0.05, 0.1) is 5.75 Å². The van der Waals surface area contributed by atoms with Gasteiger partial charge in [0.15, 0.2) is 5.16 Å². The van der Waals surface area contributed by atoms with Crippen LogP contribution in [0.25, 0.3) is 0 Å². The molecule has 0 spiro atoms. The highest BCUT2D eigenvalue weighted by molar-refractivity contribution is 7.99. The Balaban J connectivity index is 2.12. The maximum Gasteiger partial charge on any atom is 0.313 e. The fraction of sp³-hybridized carbons (Fsp3) is 0.750. The Kier molecular flexibility index (Phi) is 4.68. The van der Waals surface area contributed by atoms with Gasteiger partial charge in [-0.25, -0.2) is 0 Å². The molecule has 1 fully saturated rings. The Bertz CT molecular complexity index is 443. The minimum absolute atomic E-state index is 0.0154. The van der Waals surface area contributed by atoms with Crippen LogP contribution in [0, 0.1) is 0 Å². The Labute approximate surface area is 117 Å². The van der Waals surface area contributed by atoms with Gasteiger partial charge in [-0.05, 0) is 19.8 Å². The summed E-state index contributed by atoms with van der Waals surface area (Å²) in [5.74, 6) is 0.0293. The minimum atomic E-state index is -0.835. The number of carboxylic acid groups (broad SMARTS) is 1. The lowest BCUT2D eigenvalue weighted by Gasteiger charge is -2.28. The van der Waals surface area contributed by atoms with Crippen molar-refractivity contribution in [2.24, 2.45) is 7.05 Å². The number of aliphatic carboxylic acids is 1. The molecule has 0 radical (unpaired) electrons. The lowest BCUT2D eigenvalue weighted by atomic mass is 10.2. The summed E-state index contributed by atoms with van der Waals surface area (Å²) in [5.41, 5.74) is 0. The second-order valence-electron chi connectivity index (χ2n) is 4.75. The van der Waals surface area contributed by atoms with Crippen LogP contribution in [0.4, 0.5) is 5.95 Å². The second kappa shape index (κ2) is 6.27. The van der Waals surface area contributed by atoms with Crippen LogP contribution in [-0.2, 0) is 11.8 Å². The van der Waals surface area contributed by atoms with Crippen molar-refractivity contribution in [2.75, 3.05) is 17.2 Å². The lowest BCUT2D eigenvalue weighted by Crippen LogP contribution is -2.35. The molecule has 1 aliphatic carbocycles. The molecule has 19 heavy (non-hydrogen) atoms. The first kappa shape index (κ1) is 14.2. The summed E-state index contributed by atoms with van der Waals surface area (Å²) >= 11 is 1.21. The third-order valence-corrected chi connectivity index (χ3v) is 4.50. The van der Waals surface area contributed by atoms with E-state index in [-0.39, 0.29) is 5.75 Å². The first-order valence-corrected chi connectivity index (χ1v) is 7.62. The van der Waals surface area contributed by atoms with Crippen molar-refractivity contribution in [1.29, 1.82) is 0 Å². The molecule has 0 aliphatic heterocycles. The van der Waals surface area contributed by atoms with Gasteiger partial charge in [0.2, 0.25) is 5.95 Å². The van der Waals surface area contributed by atoms with E-state index < -0.39 is 5.97 Å². The van der Waals surface area contributed by atoms with Gasteiger partial charge in [-0.15, -0.1) is 10.2 Å². The Morgan fingerprint density at radius 2 is 2.16 bits per heavy atom. The van der Waals surface area contributed by atoms with Crippen molar-refractivity contribution in [3.63, 3.8) is 0 Å². The van der Waals surface area contributed by atoms with E-state index in [4.69, 9.17) is 5.11 Å². The van der Waals surface area contributed by atoms with E-state index in [1.807, 2.05) is 11.6 Å². The standard InChI is InChI=1S/C12H20N4O2S/c1-3-16(9-6-4-5-7-9)11-13-14-12(15(11)2)19-8-10(17)18/h9H,3-8H2,1-2H3,(H,17,18). The van der Waals surface area contributed by atoms with Crippen LogP contribution >= 0.6 is 11.8 Å². The average molecular weight is 284 g/mol. The molecule has 1 N–H and O–H groups in total. The Morgan fingerprint density at radius 1 is 1.47 bits per heavy atom. The van der Waals surface area contributed by atoms with Crippen molar-refractivity contribution in [2.45, 2.75) is 43.8 Å². The highest BCUT2D eigenvalue weighted by Crippen LogP contribution is 2.28. The Morgan fingerprint density at radius 3 is 2.74 bits per heavy atom. The maximum atomic E-state index is 10.6. The van der Waals surface area contributed by atoms with E-state index in [1.165, 1.54) is 37.4 Å². The summed E-state index contributed by atoms with van der Waals surface area (Å²) < 4.78 is 1.90. The molecule has 0 bridgehead atoms. The third kappa shape index (κ3) is 3.20. The van der Waals surface area contributed by atoms with Gasteiger partial charge in [0.1, 0.15) is 0 Å². The summed E-state index contributed by atoms with van der Waals surface area (Å²) in [5, 5.41) is 17.7. The zero-order valence-corrected chi connectivity index (χ0v) is 12.2. The van der Waals surface area contributed by atoms with Crippen molar-refractivity contribution in [3.8, 4) is 0 Å². The first-order chi connectivity index (χ1) is 9.13. The fourth-order valence-electron chi connectivity index (χ4n) is 2.59. The quantitative estimate of drug-likeness (QED) is 0.803. The molecule has 7 heteroatoms. The number of aromatic nitrogens is 3. The third-order valence-electron chi connectivity index (χ3n) is 3.50. The van der Waals surface area contributed by atoms with Crippen molar-refractivity contribution in [1.82, 2.24) is 14.8 Å². The first-order valence-electron chi connectivity index (χ1n) is 6.64. The van der Waals surface area contributed by atoms with Crippen LogP contribution < -0.4 is 4.90 Å². The van der Waals surface area contributed by atoms with Crippen molar-refractivity contribution < 1.29 is 9.90 Å². The molecule has 1 aromatic heterocycles. The van der Waals surface area contributed by atoms with Crippen LogP contribution in [0.3, 0.4) is 0 Å². The van der Waals surface area contributed by atoms with Gasteiger partial charge in [0, 0.05) is 19.6 Å². The predicted molar refractivity (Wildman–Crippen MR) is 74.6 cm³/mol. The zero-order chi connectivity index (χ0) is 13.8. The molecular formula is C12H20N4O2S. The molecule has 6 nitrogen and oxygen atoms in total. The van der Waals surface area contributed by atoms with E-state index in [0.29, 0.717) is 11.2 Å². The van der Waals surface area contributed by atoms with Gasteiger partial charge in [-0.1, -0.05) is 24.6 Å². The van der Waals surface area contributed by atoms with Crippen LogP contribution in [-0.4, -0.2) is 44.2 Å². The highest BCUT2D eigenvalue weighted by Gasteiger charge is 2.25. The summed E-state index contributed by atoms with van der Waals surface area (Å²) in [6, 6.07) is 0.547. The number of anilines is 1. The van der Waals surface area contributed by atoms with Gasteiger partial charge in [0.25, 0.3) is 0 Å². The topological polar surface area (TPSA) is 71.2 Å². The van der Waals surface area contributed by atoms with Crippen LogP contribution in [0.1, 0.15) is 32.6 Å². The van der Waals surface area contributed by atoms with Gasteiger partial charge >= 0.3 is 5.97 Å². The molecular weight excluding hydrogens is 264 g/mol. The number of thioether (sulfide) groups is 1. The summed E-state index contributed by atoms with van der Waals surface area (Å²) in [6.45, 7) is 3.03. The highest BCUT2D eigenvalue weighted by atomic mass is 32.2. The SMILES string of the molecule is CCN(c1nnc(SCC(=O)O)n1C)C1CCCC1. The second-order valence-corrected chi connectivity index (χ2v) is 5.69. The van der Waals surface area contributed by atoms with Gasteiger partial charge in [-0.3, -0.25) is 9.36 Å². The molecule has 0 atom stereocenters. The maximum absolute atomic E-state index is 10.6. The van der Waals surface area contributed by atoms with Gasteiger partial charge in [-0.2, -0.15) is 0 Å².